The molecule has 2 aromatic carbocycles. The molecule has 5 nitrogen and oxygen atoms in total. The van der Waals surface area contributed by atoms with E-state index < -0.39 is 0 Å². The molecule has 1 atom stereocenters. The van der Waals surface area contributed by atoms with E-state index in [1.807, 2.05) is 74.1 Å². The molecule has 2 aromatic rings. The van der Waals surface area contributed by atoms with Gasteiger partial charge in [0.25, 0.3) is 0 Å². The summed E-state index contributed by atoms with van der Waals surface area (Å²) in [6.45, 7) is 6.43. The third kappa shape index (κ3) is 5.21. The Balaban J connectivity index is 1.92. The van der Waals surface area contributed by atoms with Crippen molar-refractivity contribution in [1.82, 2.24) is 4.90 Å². The first-order valence-electron chi connectivity index (χ1n) is 10.7. The van der Waals surface area contributed by atoms with E-state index >= 15 is 0 Å². The zero-order valence-corrected chi connectivity index (χ0v) is 18.7. The second-order valence-electron chi connectivity index (χ2n) is 8.71. The first-order valence-corrected chi connectivity index (χ1v) is 10.7. The van der Waals surface area contributed by atoms with Gasteiger partial charge in [-0.1, -0.05) is 44.2 Å². The van der Waals surface area contributed by atoms with Crippen LogP contribution in [0.1, 0.15) is 50.8 Å². The fourth-order valence-corrected chi connectivity index (χ4v) is 3.65. The van der Waals surface area contributed by atoms with E-state index in [1.54, 1.807) is 0 Å². The molecule has 1 aliphatic carbocycles. The molecule has 0 spiro atoms. The molecule has 3 rings (SSSR count). The molecular formula is C25H33N3O2. The van der Waals surface area contributed by atoms with Crippen molar-refractivity contribution in [2.45, 2.75) is 46.2 Å². The van der Waals surface area contributed by atoms with Crippen molar-refractivity contribution in [2.24, 2.45) is 11.8 Å². The summed E-state index contributed by atoms with van der Waals surface area (Å²) in [5, 5.41) is 3.04. The molecule has 0 aromatic heterocycles. The topological polar surface area (TPSA) is 52.7 Å². The lowest BCUT2D eigenvalue weighted by Gasteiger charge is -2.33. The molecule has 0 bridgehead atoms. The normalized spacial score (nSPS) is 14.3. The summed E-state index contributed by atoms with van der Waals surface area (Å²) in [7, 11) is 3.99. The smallest absolute Gasteiger partial charge is 0.227 e. The Hall–Kier alpha value is -2.82. The van der Waals surface area contributed by atoms with Crippen LogP contribution in [0.3, 0.4) is 0 Å². The van der Waals surface area contributed by atoms with E-state index in [0.29, 0.717) is 6.54 Å². The van der Waals surface area contributed by atoms with Crippen molar-refractivity contribution in [3.63, 3.8) is 0 Å². The molecular weight excluding hydrogens is 374 g/mol. The van der Waals surface area contributed by atoms with Crippen molar-refractivity contribution in [3.8, 4) is 0 Å². The predicted molar refractivity (Wildman–Crippen MR) is 122 cm³/mol. The Morgan fingerprint density at radius 2 is 1.70 bits per heavy atom. The molecule has 1 aliphatic rings. The number of anilines is 2. The second kappa shape index (κ2) is 9.33. The van der Waals surface area contributed by atoms with Gasteiger partial charge in [0, 0.05) is 43.9 Å². The maximum Gasteiger partial charge on any atom is 0.227 e. The van der Waals surface area contributed by atoms with Crippen LogP contribution in [0, 0.1) is 11.8 Å². The highest BCUT2D eigenvalue weighted by molar-refractivity contribution is 5.94. The molecule has 0 aliphatic heterocycles. The van der Waals surface area contributed by atoms with E-state index in [9.17, 15) is 9.59 Å². The average Bonchev–Trinajstić information content (AvgIpc) is 3.57. The number of benzene rings is 2. The fraction of sp³-hybridized carbons (Fsp3) is 0.440. The largest absolute Gasteiger partial charge is 0.377 e. The van der Waals surface area contributed by atoms with E-state index in [1.165, 1.54) is 0 Å². The molecule has 0 unspecified atom stereocenters. The minimum absolute atomic E-state index is 0.0548. The van der Waals surface area contributed by atoms with Gasteiger partial charge in [0.2, 0.25) is 11.8 Å². The van der Waals surface area contributed by atoms with Crippen LogP contribution in [0.5, 0.6) is 0 Å². The van der Waals surface area contributed by atoms with Gasteiger partial charge >= 0.3 is 0 Å². The first-order chi connectivity index (χ1) is 14.3. The highest BCUT2D eigenvalue weighted by Gasteiger charge is 2.30. The summed E-state index contributed by atoms with van der Waals surface area (Å²) in [5.41, 5.74) is 3.96. The zero-order valence-electron chi connectivity index (χ0n) is 18.7. The number of amides is 2. The SMILES string of the molecule is CC(C)C(=O)N(Cc1cc(NC(=O)C2CC2)ccc1N(C)C)[C@H](C)c1ccccc1. The lowest BCUT2D eigenvalue weighted by molar-refractivity contribution is -0.137. The lowest BCUT2D eigenvalue weighted by Crippen LogP contribution is -2.36. The Kier molecular flexibility index (Phi) is 6.80. The van der Waals surface area contributed by atoms with Gasteiger partial charge in [0.05, 0.1) is 6.04 Å². The van der Waals surface area contributed by atoms with Gasteiger partial charge in [-0.05, 0) is 49.1 Å². The van der Waals surface area contributed by atoms with Gasteiger partial charge in [0.1, 0.15) is 0 Å². The summed E-state index contributed by atoms with van der Waals surface area (Å²) >= 11 is 0. The monoisotopic (exact) mass is 407 g/mol. The van der Waals surface area contributed by atoms with E-state index in [0.717, 1.165) is 35.3 Å². The number of nitrogens with one attached hydrogen (secondary N) is 1. The Bertz CT molecular complexity index is 889. The molecule has 2 amide bonds. The number of carbonyl (C=O) groups excluding carboxylic acids is 2. The summed E-state index contributed by atoms with van der Waals surface area (Å²) in [6, 6.07) is 16.0. The van der Waals surface area contributed by atoms with Gasteiger partial charge in [-0.15, -0.1) is 0 Å². The van der Waals surface area contributed by atoms with Gasteiger partial charge in [-0.3, -0.25) is 9.59 Å². The van der Waals surface area contributed by atoms with Gasteiger partial charge < -0.3 is 15.1 Å². The average molecular weight is 408 g/mol. The maximum absolute atomic E-state index is 13.1. The Morgan fingerprint density at radius 3 is 2.27 bits per heavy atom. The predicted octanol–water partition coefficient (Wildman–Crippen LogP) is 4.85. The molecule has 1 saturated carbocycles. The van der Waals surface area contributed by atoms with Crippen molar-refractivity contribution >= 4 is 23.2 Å². The lowest BCUT2D eigenvalue weighted by atomic mass is 10.0. The van der Waals surface area contributed by atoms with Crippen LogP contribution in [-0.2, 0) is 16.1 Å². The van der Waals surface area contributed by atoms with Crippen LogP contribution in [0.2, 0.25) is 0 Å². The number of hydrogen-bond acceptors (Lipinski definition) is 3. The third-order valence-electron chi connectivity index (χ3n) is 5.64. The van der Waals surface area contributed by atoms with Crippen molar-refractivity contribution in [1.29, 1.82) is 0 Å². The molecule has 5 heteroatoms. The van der Waals surface area contributed by atoms with Crippen LogP contribution in [0.25, 0.3) is 0 Å². The highest BCUT2D eigenvalue weighted by atomic mass is 16.2. The molecule has 30 heavy (non-hydrogen) atoms. The quantitative estimate of drug-likeness (QED) is 0.681. The summed E-state index contributed by atoms with van der Waals surface area (Å²) in [6.07, 6.45) is 1.94. The number of carbonyl (C=O) groups is 2. The van der Waals surface area contributed by atoms with Gasteiger partial charge in [0.15, 0.2) is 0 Å². The van der Waals surface area contributed by atoms with E-state index in [-0.39, 0.29) is 29.7 Å². The maximum atomic E-state index is 13.1. The first kappa shape index (κ1) is 21.9. The molecule has 0 saturated heterocycles. The zero-order chi connectivity index (χ0) is 21.8. The standard InChI is InChI=1S/C25H33N3O2/c1-17(2)25(30)28(18(3)19-9-7-6-8-10-19)16-21-15-22(13-14-23(21)27(4)5)26-24(29)20-11-12-20/h6-10,13-15,17-18,20H,11-12,16H2,1-5H3,(H,26,29)/t18-/m1/s1. The van der Waals surface area contributed by atoms with Gasteiger partial charge in [-0.2, -0.15) is 0 Å². The summed E-state index contributed by atoms with van der Waals surface area (Å²) < 4.78 is 0. The van der Waals surface area contributed by atoms with Crippen LogP contribution >= 0.6 is 0 Å². The second-order valence-corrected chi connectivity index (χ2v) is 8.71. The summed E-state index contributed by atoms with van der Waals surface area (Å²) in [4.78, 5) is 29.4. The van der Waals surface area contributed by atoms with Gasteiger partial charge in [-0.25, -0.2) is 0 Å². The minimum Gasteiger partial charge on any atom is -0.377 e. The third-order valence-corrected chi connectivity index (χ3v) is 5.64. The van der Waals surface area contributed by atoms with Crippen molar-refractivity contribution in [2.75, 3.05) is 24.3 Å². The van der Waals surface area contributed by atoms with Crippen LogP contribution < -0.4 is 10.2 Å². The van der Waals surface area contributed by atoms with Crippen LogP contribution in [0.15, 0.2) is 48.5 Å². The summed E-state index contributed by atoms with van der Waals surface area (Å²) in [5.74, 6) is 0.255. The molecule has 160 valence electrons. The number of hydrogen-bond donors (Lipinski definition) is 1. The van der Waals surface area contributed by atoms with Crippen molar-refractivity contribution in [3.05, 3.63) is 59.7 Å². The number of rotatable bonds is 8. The highest BCUT2D eigenvalue weighted by Crippen LogP contribution is 2.32. The molecule has 1 fully saturated rings. The minimum atomic E-state index is -0.100. The Labute approximate surface area is 180 Å². The van der Waals surface area contributed by atoms with Crippen LogP contribution in [0.4, 0.5) is 11.4 Å². The van der Waals surface area contributed by atoms with Crippen LogP contribution in [-0.4, -0.2) is 30.8 Å². The molecule has 0 radical (unpaired) electrons. The Morgan fingerprint density at radius 1 is 1.03 bits per heavy atom. The van der Waals surface area contributed by atoms with E-state index in [2.05, 4.69) is 24.4 Å². The van der Waals surface area contributed by atoms with Crippen molar-refractivity contribution < 1.29 is 9.59 Å². The molecule has 1 N–H and O–H groups in total. The molecule has 0 heterocycles. The van der Waals surface area contributed by atoms with E-state index in [4.69, 9.17) is 0 Å². The number of nitrogens with zero attached hydrogens (tertiary/aromatic N) is 2. The fourth-order valence-electron chi connectivity index (χ4n) is 3.65.